The molecule has 2 aromatic carbocycles. The Morgan fingerprint density at radius 2 is 1.67 bits per heavy atom. The predicted molar refractivity (Wildman–Crippen MR) is 123 cm³/mol. The summed E-state index contributed by atoms with van der Waals surface area (Å²) in [5.74, 6) is -0.219. The van der Waals surface area contributed by atoms with Crippen LogP contribution in [-0.2, 0) is 4.74 Å². The van der Waals surface area contributed by atoms with Crippen molar-refractivity contribution in [3.8, 4) is 0 Å². The minimum atomic E-state index is -0.464. The first-order chi connectivity index (χ1) is 14.3. The Balaban J connectivity index is 2.07. The number of nitrogens with one attached hydrogen (secondary N) is 3. The number of anilines is 3. The van der Waals surface area contributed by atoms with Gasteiger partial charge < -0.3 is 25.6 Å². The Labute approximate surface area is 186 Å². The standard InChI is InChI=1S/C21H26Cl2N4O3/c1-4-30-11-5-10-24-20(28)16-12-14(7-9-19(16)27(2)3)25-21(29)26-15-6-8-17(22)18(23)13-15/h6-9,12-13H,4-5,10-11H2,1-3H3,(H,24,28)(H2,25,26,29). The van der Waals surface area contributed by atoms with Gasteiger partial charge in [0.05, 0.1) is 15.6 Å². The quantitative estimate of drug-likeness (QED) is 0.474. The van der Waals surface area contributed by atoms with Crippen molar-refractivity contribution in [1.82, 2.24) is 5.32 Å². The van der Waals surface area contributed by atoms with E-state index in [0.29, 0.717) is 46.7 Å². The molecule has 3 amide bonds. The maximum atomic E-state index is 12.7. The first-order valence-electron chi connectivity index (χ1n) is 9.52. The fourth-order valence-corrected chi connectivity index (χ4v) is 2.97. The van der Waals surface area contributed by atoms with E-state index in [2.05, 4.69) is 16.0 Å². The van der Waals surface area contributed by atoms with Crippen LogP contribution >= 0.6 is 23.2 Å². The number of urea groups is 1. The molecule has 30 heavy (non-hydrogen) atoms. The molecule has 7 nitrogen and oxygen atoms in total. The number of ether oxygens (including phenoxy) is 1. The van der Waals surface area contributed by atoms with Gasteiger partial charge in [0.25, 0.3) is 5.91 Å². The topological polar surface area (TPSA) is 82.7 Å². The molecule has 0 atom stereocenters. The van der Waals surface area contributed by atoms with E-state index < -0.39 is 6.03 Å². The van der Waals surface area contributed by atoms with Crippen LogP contribution in [0.1, 0.15) is 23.7 Å². The normalized spacial score (nSPS) is 10.4. The fraction of sp³-hybridized carbons (Fsp3) is 0.333. The molecule has 0 saturated carbocycles. The molecule has 2 rings (SSSR count). The van der Waals surface area contributed by atoms with Gasteiger partial charge in [0.2, 0.25) is 0 Å². The van der Waals surface area contributed by atoms with Crippen molar-refractivity contribution in [2.24, 2.45) is 0 Å². The van der Waals surface area contributed by atoms with Gasteiger partial charge in [0, 0.05) is 50.9 Å². The summed E-state index contributed by atoms with van der Waals surface area (Å²) in [6.07, 6.45) is 0.723. The molecular formula is C21H26Cl2N4O3. The van der Waals surface area contributed by atoms with Crippen molar-refractivity contribution in [3.63, 3.8) is 0 Å². The van der Waals surface area contributed by atoms with Crippen LogP contribution in [-0.4, -0.2) is 45.8 Å². The zero-order valence-corrected chi connectivity index (χ0v) is 18.7. The van der Waals surface area contributed by atoms with Gasteiger partial charge in [0.15, 0.2) is 0 Å². The maximum Gasteiger partial charge on any atom is 0.323 e. The van der Waals surface area contributed by atoms with Crippen molar-refractivity contribution >= 4 is 52.2 Å². The lowest BCUT2D eigenvalue weighted by atomic mass is 10.1. The van der Waals surface area contributed by atoms with Gasteiger partial charge in [-0.1, -0.05) is 23.2 Å². The summed E-state index contributed by atoms with van der Waals surface area (Å²) in [6, 6.07) is 9.48. The lowest BCUT2D eigenvalue weighted by Gasteiger charge is -2.18. The van der Waals surface area contributed by atoms with Crippen molar-refractivity contribution in [2.75, 3.05) is 49.4 Å². The highest BCUT2D eigenvalue weighted by Gasteiger charge is 2.15. The number of halogens is 2. The number of rotatable bonds is 9. The lowest BCUT2D eigenvalue weighted by Crippen LogP contribution is -2.27. The van der Waals surface area contributed by atoms with Crippen LogP contribution in [0.4, 0.5) is 21.9 Å². The third-order valence-corrected chi connectivity index (χ3v) is 4.85. The van der Waals surface area contributed by atoms with E-state index in [9.17, 15) is 9.59 Å². The van der Waals surface area contributed by atoms with Crippen LogP contribution in [0.25, 0.3) is 0 Å². The second-order valence-electron chi connectivity index (χ2n) is 6.64. The Bertz CT molecular complexity index is 891. The number of benzene rings is 2. The van der Waals surface area contributed by atoms with E-state index in [4.69, 9.17) is 27.9 Å². The largest absolute Gasteiger partial charge is 0.382 e. The third-order valence-electron chi connectivity index (χ3n) is 4.11. The van der Waals surface area contributed by atoms with E-state index in [-0.39, 0.29) is 5.91 Å². The van der Waals surface area contributed by atoms with Crippen LogP contribution in [0.5, 0.6) is 0 Å². The summed E-state index contributed by atoms with van der Waals surface area (Å²) in [6.45, 7) is 3.67. The van der Waals surface area contributed by atoms with Crippen LogP contribution in [0.15, 0.2) is 36.4 Å². The van der Waals surface area contributed by atoms with Gasteiger partial charge in [-0.25, -0.2) is 4.79 Å². The molecular weight excluding hydrogens is 427 g/mol. The van der Waals surface area contributed by atoms with Gasteiger partial charge in [-0.15, -0.1) is 0 Å². The summed E-state index contributed by atoms with van der Waals surface area (Å²) in [5.41, 5.74) is 2.19. The van der Waals surface area contributed by atoms with Crippen LogP contribution in [0.3, 0.4) is 0 Å². The number of hydrogen-bond acceptors (Lipinski definition) is 4. The molecule has 0 aromatic heterocycles. The highest BCUT2D eigenvalue weighted by atomic mass is 35.5. The number of carbonyl (C=O) groups excluding carboxylic acids is 2. The fourth-order valence-electron chi connectivity index (χ4n) is 2.67. The predicted octanol–water partition coefficient (Wildman–Crippen LogP) is 4.86. The molecule has 0 heterocycles. The van der Waals surface area contributed by atoms with E-state index in [1.807, 2.05) is 25.9 Å². The number of carbonyl (C=O) groups is 2. The molecule has 0 spiro atoms. The van der Waals surface area contributed by atoms with Gasteiger partial charge in [0.1, 0.15) is 0 Å². The minimum Gasteiger partial charge on any atom is -0.382 e. The van der Waals surface area contributed by atoms with Crippen molar-refractivity contribution in [3.05, 3.63) is 52.0 Å². The van der Waals surface area contributed by atoms with Gasteiger partial charge in [-0.05, 0) is 49.7 Å². The van der Waals surface area contributed by atoms with Gasteiger partial charge in [-0.3, -0.25) is 4.79 Å². The molecule has 0 fully saturated rings. The summed E-state index contributed by atoms with van der Waals surface area (Å²) in [4.78, 5) is 26.8. The first-order valence-corrected chi connectivity index (χ1v) is 10.3. The van der Waals surface area contributed by atoms with Crippen LogP contribution in [0, 0.1) is 0 Å². The zero-order chi connectivity index (χ0) is 22.1. The molecule has 0 aliphatic heterocycles. The highest BCUT2D eigenvalue weighted by Crippen LogP contribution is 2.26. The molecule has 0 unspecified atom stereocenters. The Kier molecular flexibility index (Phi) is 9.23. The number of hydrogen-bond donors (Lipinski definition) is 3. The zero-order valence-electron chi connectivity index (χ0n) is 17.2. The Hall–Kier alpha value is -2.48. The van der Waals surface area contributed by atoms with E-state index >= 15 is 0 Å². The van der Waals surface area contributed by atoms with Crippen LogP contribution in [0.2, 0.25) is 10.0 Å². The summed E-state index contributed by atoms with van der Waals surface area (Å²) >= 11 is 11.9. The number of nitrogens with zero attached hydrogens (tertiary/aromatic N) is 1. The van der Waals surface area contributed by atoms with Crippen molar-refractivity contribution in [2.45, 2.75) is 13.3 Å². The smallest absolute Gasteiger partial charge is 0.323 e. The molecule has 3 N–H and O–H groups in total. The Morgan fingerprint density at radius 1 is 1.00 bits per heavy atom. The van der Waals surface area contributed by atoms with E-state index in [1.54, 1.807) is 36.4 Å². The summed E-state index contributed by atoms with van der Waals surface area (Å²) < 4.78 is 5.28. The number of amides is 3. The van der Waals surface area contributed by atoms with Crippen LogP contribution < -0.4 is 20.9 Å². The van der Waals surface area contributed by atoms with Gasteiger partial charge in [-0.2, -0.15) is 0 Å². The molecule has 0 bridgehead atoms. The molecule has 0 aliphatic rings. The maximum absolute atomic E-state index is 12.7. The SMILES string of the molecule is CCOCCCNC(=O)c1cc(NC(=O)Nc2ccc(Cl)c(Cl)c2)ccc1N(C)C. The van der Waals surface area contributed by atoms with Crippen molar-refractivity contribution in [1.29, 1.82) is 0 Å². The molecule has 2 aromatic rings. The highest BCUT2D eigenvalue weighted by molar-refractivity contribution is 6.42. The molecule has 0 saturated heterocycles. The lowest BCUT2D eigenvalue weighted by molar-refractivity contribution is 0.0944. The first kappa shape index (κ1) is 23.8. The minimum absolute atomic E-state index is 0.219. The second-order valence-corrected chi connectivity index (χ2v) is 7.46. The molecule has 0 radical (unpaired) electrons. The molecule has 9 heteroatoms. The summed E-state index contributed by atoms with van der Waals surface area (Å²) in [7, 11) is 3.70. The molecule has 162 valence electrons. The molecule has 0 aliphatic carbocycles. The average Bonchev–Trinajstić information content (AvgIpc) is 2.70. The monoisotopic (exact) mass is 452 g/mol. The summed E-state index contributed by atoms with van der Waals surface area (Å²) in [5, 5.41) is 9.03. The Morgan fingerprint density at radius 3 is 2.30 bits per heavy atom. The van der Waals surface area contributed by atoms with Crippen molar-refractivity contribution < 1.29 is 14.3 Å². The van der Waals surface area contributed by atoms with E-state index in [0.717, 1.165) is 12.1 Å². The third kappa shape index (κ3) is 7.09. The average molecular weight is 453 g/mol. The van der Waals surface area contributed by atoms with E-state index in [1.165, 1.54) is 0 Å². The second kappa shape index (κ2) is 11.6. The van der Waals surface area contributed by atoms with Gasteiger partial charge >= 0.3 is 6.03 Å².